The molecule has 1 aromatic carbocycles. The Kier molecular flexibility index (Phi) is 3.42. The van der Waals surface area contributed by atoms with Gasteiger partial charge >= 0.3 is 5.97 Å². The van der Waals surface area contributed by atoms with Gasteiger partial charge in [-0.15, -0.1) is 0 Å². The summed E-state index contributed by atoms with van der Waals surface area (Å²) in [4.78, 5) is 19.5. The Morgan fingerprint density at radius 1 is 1.28 bits per heavy atom. The summed E-state index contributed by atoms with van der Waals surface area (Å²) >= 11 is 0. The number of halogens is 1. The van der Waals surface area contributed by atoms with Crippen LogP contribution < -0.4 is 0 Å². The Morgan fingerprint density at radius 2 is 2.12 bits per heavy atom. The molecule has 0 fully saturated rings. The molecular formula is C18H13FN4O2. The van der Waals surface area contributed by atoms with Gasteiger partial charge in [-0.2, -0.15) is 5.10 Å². The summed E-state index contributed by atoms with van der Waals surface area (Å²) in [5.74, 6) is -1.55. The quantitative estimate of drug-likeness (QED) is 0.620. The van der Waals surface area contributed by atoms with Gasteiger partial charge in [-0.1, -0.05) is 13.0 Å². The fraction of sp³-hybridized carbons (Fsp3) is 0.111. The van der Waals surface area contributed by atoms with Gasteiger partial charge in [0.15, 0.2) is 11.3 Å². The fourth-order valence-corrected chi connectivity index (χ4v) is 2.82. The summed E-state index contributed by atoms with van der Waals surface area (Å²) in [7, 11) is 0. The number of aryl methyl sites for hydroxylation is 1. The topological polar surface area (TPSA) is 80.4 Å². The van der Waals surface area contributed by atoms with E-state index in [9.17, 15) is 14.3 Å². The average molecular weight is 336 g/mol. The fourth-order valence-electron chi connectivity index (χ4n) is 2.82. The van der Waals surface area contributed by atoms with Crippen LogP contribution in [0.2, 0.25) is 0 Å². The van der Waals surface area contributed by atoms with Gasteiger partial charge in [0, 0.05) is 35.0 Å². The molecule has 1 N–H and O–H groups in total. The van der Waals surface area contributed by atoms with E-state index in [2.05, 4.69) is 15.1 Å². The molecule has 0 bridgehead atoms. The highest BCUT2D eigenvalue weighted by Gasteiger charge is 2.16. The highest BCUT2D eigenvalue weighted by molar-refractivity contribution is 5.87. The van der Waals surface area contributed by atoms with E-state index < -0.39 is 11.8 Å². The van der Waals surface area contributed by atoms with E-state index >= 15 is 0 Å². The van der Waals surface area contributed by atoms with Gasteiger partial charge in [0.1, 0.15) is 5.82 Å². The van der Waals surface area contributed by atoms with Gasteiger partial charge < -0.3 is 5.11 Å². The van der Waals surface area contributed by atoms with E-state index in [0.717, 1.165) is 5.39 Å². The number of benzene rings is 1. The zero-order chi connectivity index (χ0) is 17.6. The van der Waals surface area contributed by atoms with Crippen LogP contribution in [0.3, 0.4) is 0 Å². The van der Waals surface area contributed by atoms with Gasteiger partial charge in [-0.25, -0.2) is 18.7 Å². The molecule has 124 valence electrons. The second-order valence-electron chi connectivity index (χ2n) is 5.62. The molecule has 7 heteroatoms. The van der Waals surface area contributed by atoms with Crippen molar-refractivity contribution in [2.24, 2.45) is 0 Å². The number of hydrogen-bond acceptors (Lipinski definition) is 4. The minimum absolute atomic E-state index is 0.0565. The Hall–Kier alpha value is -3.35. The molecular weight excluding hydrogens is 323 g/mol. The van der Waals surface area contributed by atoms with Crippen LogP contribution in [0.15, 0.2) is 42.6 Å². The zero-order valence-corrected chi connectivity index (χ0v) is 13.3. The van der Waals surface area contributed by atoms with Crippen LogP contribution in [-0.4, -0.2) is 30.7 Å². The molecule has 0 atom stereocenters. The maximum atomic E-state index is 14.5. The predicted octanol–water partition coefficient (Wildman–Crippen LogP) is 3.34. The van der Waals surface area contributed by atoms with Crippen molar-refractivity contribution in [1.29, 1.82) is 0 Å². The summed E-state index contributed by atoms with van der Waals surface area (Å²) in [6.45, 7) is 1.89. The van der Waals surface area contributed by atoms with Gasteiger partial charge in [0.05, 0.1) is 11.2 Å². The van der Waals surface area contributed by atoms with Crippen molar-refractivity contribution in [3.8, 4) is 11.3 Å². The number of carboxylic acids is 1. The van der Waals surface area contributed by atoms with Crippen LogP contribution in [0.25, 0.3) is 27.8 Å². The second kappa shape index (κ2) is 5.62. The van der Waals surface area contributed by atoms with Crippen molar-refractivity contribution in [2.75, 3.05) is 0 Å². The summed E-state index contributed by atoms with van der Waals surface area (Å²) in [5, 5.41) is 14.4. The van der Waals surface area contributed by atoms with Crippen LogP contribution in [0.5, 0.6) is 0 Å². The van der Waals surface area contributed by atoms with Crippen molar-refractivity contribution in [2.45, 2.75) is 13.3 Å². The van der Waals surface area contributed by atoms with Gasteiger partial charge in [0.25, 0.3) is 0 Å². The molecule has 0 spiro atoms. The van der Waals surface area contributed by atoms with Crippen LogP contribution in [-0.2, 0) is 6.42 Å². The standard InChI is InChI=1S/C18H13FN4O2/c1-2-11-7-16(18(24)25)21-17-9-15(22-23(11)17)12-6-10-4-3-5-20-14(10)8-13(12)19/h3-9H,2H2,1H3,(H,24,25). The zero-order valence-electron chi connectivity index (χ0n) is 13.3. The summed E-state index contributed by atoms with van der Waals surface area (Å²) in [6.07, 6.45) is 2.18. The number of aromatic carboxylic acids is 1. The summed E-state index contributed by atoms with van der Waals surface area (Å²) in [5.41, 5.74) is 2.29. The summed E-state index contributed by atoms with van der Waals surface area (Å²) in [6, 6.07) is 9.75. The van der Waals surface area contributed by atoms with Gasteiger partial charge in [-0.05, 0) is 24.6 Å². The predicted molar refractivity (Wildman–Crippen MR) is 90.0 cm³/mol. The highest BCUT2D eigenvalue weighted by atomic mass is 19.1. The number of carboxylic acid groups (broad SMARTS) is 1. The highest BCUT2D eigenvalue weighted by Crippen LogP contribution is 2.27. The van der Waals surface area contributed by atoms with Crippen LogP contribution in [0.4, 0.5) is 4.39 Å². The van der Waals surface area contributed by atoms with E-state index in [4.69, 9.17) is 0 Å². The lowest BCUT2D eigenvalue weighted by Gasteiger charge is -2.03. The second-order valence-corrected chi connectivity index (χ2v) is 5.62. The SMILES string of the molecule is CCc1cc(C(=O)O)nc2cc(-c3cc4cccnc4cc3F)nn12. The molecule has 3 heterocycles. The lowest BCUT2D eigenvalue weighted by Crippen LogP contribution is -2.06. The molecule has 0 aliphatic rings. The molecule has 3 aromatic heterocycles. The maximum Gasteiger partial charge on any atom is 0.354 e. The number of rotatable bonds is 3. The van der Waals surface area contributed by atoms with E-state index in [0.29, 0.717) is 34.5 Å². The smallest absolute Gasteiger partial charge is 0.354 e. The largest absolute Gasteiger partial charge is 0.477 e. The number of pyridine rings is 1. The first kappa shape index (κ1) is 15.2. The number of fused-ring (bicyclic) bond motifs is 2. The number of hydrogen-bond donors (Lipinski definition) is 1. The molecule has 0 aliphatic carbocycles. The molecule has 0 aliphatic heterocycles. The number of nitrogens with zero attached hydrogens (tertiary/aromatic N) is 4. The first-order valence-corrected chi connectivity index (χ1v) is 7.74. The molecule has 4 rings (SSSR count). The molecule has 0 unspecified atom stereocenters. The van der Waals surface area contributed by atoms with E-state index in [-0.39, 0.29) is 5.69 Å². The Morgan fingerprint density at radius 3 is 2.88 bits per heavy atom. The third kappa shape index (κ3) is 2.50. The van der Waals surface area contributed by atoms with Crippen molar-refractivity contribution < 1.29 is 14.3 Å². The molecule has 0 saturated heterocycles. The molecule has 0 saturated carbocycles. The minimum atomic E-state index is -1.11. The van der Waals surface area contributed by atoms with Crippen LogP contribution >= 0.6 is 0 Å². The lowest BCUT2D eigenvalue weighted by molar-refractivity contribution is 0.0690. The summed E-state index contributed by atoms with van der Waals surface area (Å²) < 4.78 is 16.1. The Labute approximate surface area is 141 Å². The van der Waals surface area contributed by atoms with Gasteiger partial charge in [-0.3, -0.25) is 4.98 Å². The van der Waals surface area contributed by atoms with Gasteiger partial charge in [0.2, 0.25) is 0 Å². The van der Waals surface area contributed by atoms with E-state index in [1.165, 1.54) is 12.1 Å². The normalized spacial score (nSPS) is 11.3. The monoisotopic (exact) mass is 336 g/mol. The van der Waals surface area contributed by atoms with Crippen molar-refractivity contribution in [1.82, 2.24) is 19.6 Å². The maximum absolute atomic E-state index is 14.5. The molecule has 25 heavy (non-hydrogen) atoms. The van der Waals surface area contributed by atoms with Crippen molar-refractivity contribution >= 4 is 22.5 Å². The molecule has 0 radical (unpaired) electrons. The lowest BCUT2D eigenvalue weighted by atomic mass is 10.1. The third-order valence-electron chi connectivity index (χ3n) is 4.05. The first-order valence-electron chi connectivity index (χ1n) is 7.74. The Bertz CT molecular complexity index is 1140. The minimum Gasteiger partial charge on any atom is -0.477 e. The molecule has 4 aromatic rings. The van der Waals surface area contributed by atoms with E-state index in [1.54, 1.807) is 28.9 Å². The van der Waals surface area contributed by atoms with Crippen LogP contribution in [0, 0.1) is 5.82 Å². The van der Waals surface area contributed by atoms with E-state index in [1.807, 2.05) is 13.0 Å². The first-order chi connectivity index (χ1) is 12.1. The van der Waals surface area contributed by atoms with Crippen molar-refractivity contribution in [3.63, 3.8) is 0 Å². The molecule has 0 amide bonds. The number of carbonyl (C=O) groups is 1. The third-order valence-corrected chi connectivity index (χ3v) is 4.05. The average Bonchev–Trinajstić information content (AvgIpc) is 3.04. The molecule has 6 nitrogen and oxygen atoms in total. The van der Waals surface area contributed by atoms with Crippen LogP contribution in [0.1, 0.15) is 23.1 Å². The number of aromatic nitrogens is 4. The van der Waals surface area contributed by atoms with Crippen molar-refractivity contribution in [3.05, 3.63) is 59.8 Å². The Balaban J connectivity index is 1.95.